The molecular weight excluding hydrogens is 727 g/mol. The summed E-state index contributed by atoms with van der Waals surface area (Å²) < 4.78 is 19.1. The van der Waals surface area contributed by atoms with Crippen molar-refractivity contribution in [2.75, 3.05) is 6.61 Å². The Morgan fingerprint density at radius 3 is 2.28 bits per heavy atom. The molecule has 11 heteroatoms. The van der Waals surface area contributed by atoms with E-state index in [4.69, 9.17) is 14.2 Å². The van der Waals surface area contributed by atoms with Crippen LogP contribution in [0.15, 0.2) is 72.8 Å². The van der Waals surface area contributed by atoms with Crippen molar-refractivity contribution in [3.8, 4) is 11.5 Å². The van der Waals surface area contributed by atoms with E-state index >= 15 is 0 Å². The zero-order valence-corrected chi connectivity index (χ0v) is 31.9. The van der Waals surface area contributed by atoms with Gasteiger partial charge in [-0.3, -0.25) is 0 Å². The van der Waals surface area contributed by atoms with Crippen molar-refractivity contribution >= 4 is 38.4 Å². The summed E-state index contributed by atoms with van der Waals surface area (Å²) in [6.45, 7) is -1.46. The molecule has 3 saturated carbocycles. The third kappa shape index (κ3) is 5.61. The van der Waals surface area contributed by atoms with E-state index in [2.05, 4.69) is 11.1 Å². The minimum absolute atomic E-state index is 0.0331. The van der Waals surface area contributed by atoms with E-state index in [1.165, 1.54) is 25.7 Å². The molecule has 1 spiro atoms. The standard InChI is InChI=1S/C46H51NO10/c48-24-34-39(36-32-22-27-6-2-1-5-26(27)21-28(32)7-13-33(36)47-34)56-42(52)40-41-45(53,46(54,25-49)57-40)23-29-8-14-35(51)37(38(29)55-41)44(30-9-11-31(50)12-10-30)19-17-43(18-20-44)15-3-4-16-43/h1-2,5-7,9-13,21-22,29,35,37-38,40-41,47-51,53-54H,3-4,8,14-20,23-25H2/t29-,35+,37+,38+,40+,41-,45+,46-/m0/s1. The first-order chi connectivity index (χ1) is 27.5. The Bertz CT molecular complexity index is 2340. The van der Waals surface area contributed by atoms with Crippen LogP contribution in [0.1, 0.15) is 81.9 Å². The number of H-pyrrole nitrogens is 1. The van der Waals surface area contributed by atoms with Crippen molar-refractivity contribution in [3.63, 3.8) is 0 Å². The molecule has 3 aliphatic carbocycles. The van der Waals surface area contributed by atoms with E-state index in [0.29, 0.717) is 23.7 Å². The minimum atomic E-state index is -2.54. The van der Waals surface area contributed by atoms with Crippen LogP contribution in [-0.4, -0.2) is 84.0 Å². The van der Waals surface area contributed by atoms with Gasteiger partial charge in [-0.15, -0.1) is 0 Å². The third-order valence-electron chi connectivity index (χ3n) is 15.1. The first-order valence-electron chi connectivity index (χ1n) is 20.7. The van der Waals surface area contributed by atoms with E-state index in [0.717, 1.165) is 52.8 Å². The maximum absolute atomic E-state index is 14.5. The number of phenols is 1. The summed E-state index contributed by atoms with van der Waals surface area (Å²) in [4.78, 5) is 17.7. The van der Waals surface area contributed by atoms with Crippen LogP contribution < -0.4 is 4.74 Å². The van der Waals surface area contributed by atoms with Gasteiger partial charge in [0.05, 0.1) is 35.4 Å². The highest BCUT2D eigenvalue weighted by atomic mass is 16.7. The maximum atomic E-state index is 14.5. The lowest BCUT2D eigenvalue weighted by Gasteiger charge is -2.58. The fourth-order valence-corrected chi connectivity index (χ4v) is 12.1. The summed E-state index contributed by atoms with van der Waals surface area (Å²) in [7, 11) is 0. The number of benzene rings is 4. The Labute approximate surface area is 330 Å². The molecule has 5 fully saturated rings. The number of esters is 1. The van der Waals surface area contributed by atoms with E-state index in [1.807, 2.05) is 54.6 Å². The molecule has 5 aromatic rings. The van der Waals surface area contributed by atoms with Crippen LogP contribution in [0.2, 0.25) is 0 Å². The fraction of sp³-hybridized carbons (Fsp3) is 0.500. The molecule has 0 radical (unpaired) electrons. The molecule has 300 valence electrons. The lowest BCUT2D eigenvalue weighted by molar-refractivity contribution is -0.309. The molecule has 1 aromatic heterocycles. The molecule has 10 rings (SSSR count). The van der Waals surface area contributed by atoms with Gasteiger partial charge in [-0.25, -0.2) is 4.79 Å². The minimum Gasteiger partial charge on any atom is -0.508 e. The van der Waals surface area contributed by atoms with Crippen LogP contribution in [0, 0.1) is 17.3 Å². The van der Waals surface area contributed by atoms with Gasteiger partial charge in [-0.2, -0.15) is 0 Å². The van der Waals surface area contributed by atoms with E-state index < -0.39 is 66.3 Å². The van der Waals surface area contributed by atoms with Crippen molar-refractivity contribution in [1.82, 2.24) is 4.98 Å². The van der Waals surface area contributed by atoms with Crippen molar-refractivity contribution < 1.29 is 49.6 Å². The van der Waals surface area contributed by atoms with Crippen molar-refractivity contribution in [2.24, 2.45) is 17.3 Å². The Balaban J connectivity index is 1.03. The Kier molecular flexibility index (Phi) is 8.81. The van der Waals surface area contributed by atoms with Crippen LogP contribution in [0.4, 0.5) is 0 Å². The number of phenolic OH excluding ortho intramolecular Hbond substituents is 1. The molecule has 0 amide bonds. The normalized spacial score (nSPS) is 33.1. The second kappa shape index (κ2) is 13.5. The Hall–Kier alpha value is -4.07. The van der Waals surface area contributed by atoms with E-state index in [1.54, 1.807) is 12.1 Å². The quantitative estimate of drug-likeness (QED) is 0.0798. The van der Waals surface area contributed by atoms with Crippen LogP contribution >= 0.6 is 0 Å². The summed E-state index contributed by atoms with van der Waals surface area (Å²) in [5, 5.41) is 72.0. The molecule has 0 bridgehead atoms. The largest absolute Gasteiger partial charge is 0.508 e. The number of carbonyl (C=O) groups is 1. The van der Waals surface area contributed by atoms with Gasteiger partial charge in [0.2, 0.25) is 5.79 Å². The molecular formula is C46H51NO10. The summed E-state index contributed by atoms with van der Waals surface area (Å²) in [6, 6.07) is 23.1. The van der Waals surface area contributed by atoms with Crippen LogP contribution in [0.5, 0.6) is 11.5 Å². The molecule has 7 N–H and O–H groups in total. The molecule has 8 atom stereocenters. The molecule has 3 heterocycles. The topological polar surface area (TPSA) is 182 Å². The zero-order chi connectivity index (χ0) is 39.3. The van der Waals surface area contributed by atoms with Crippen LogP contribution in [0.3, 0.4) is 0 Å². The second-order valence-corrected chi connectivity index (χ2v) is 17.9. The maximum Gasteiger partial charge on any atom is 0.343 e. The number of hydrogen-bond donors (Lipinski definition) is 7. The van der Waals surface area contributed by atoms with Gasteiger partial charge in [-0.1, -0.05) is 55.3 Å². The van der Waals surface area contributed by atoms with Crippen molar-refractivity contribution in [1.29, 1.82) is 0 Å². The molecule has 0 unspecified atom stereocenters. The van der Waals surface area contributed by atoms with Gasteiger partial charge < -0.3 is 49.8 Å². The van der Waals surface area contributed by atoms with Gasteiger partial charge in [0.1, 0.15) is 18.5 Å². The average Bonchev–Trinajstić information content (AvgIpc) is 3.90. The number of ether oxygens (including phenoxy) is 3. The predicted molar refractivity (Wildman–Crippen MR) is 211 cm³/mol. The number of aromatic amines is 1. The molecule has 5 aliphatic rings. The number of carbonyl (C=O) groups excluding carboxylic acids is 1. The Morgan fingerprint density at radius 2 is 1.58 bits per heavy atom. The van der Waals surface area contributed by atoms with Crippen LogP contribution in [-0.2, 0) is 26.3 Å². The SMILES string of the molecule is O=C(Oc1c(CO)[nH]c2ccc3cc4ccccc4cc3c12)[C@@H]1O[C@@](O)(CO)[C@@]2(O)C[C@@H]3CC[C@@H](O)[C@@H](C4(c5ccc(O)cc5)CCC5(CCCC5)CC4)[C@@H]3O[C@@H]12. The van der Waals surface area contributed by atoms with Gasteiger partial charge in [-0.05, 0) is 127 Å². The average molecular weight is 778 g/mol. The number of aliphatic hydroxyl groups is 5. The number of fused-ring (bicyclic) bond motifs is 6. The number of nitrogens with one attached hydrogen (secondary N) is 1. The predicted octanol–water partition coefficient (Wildman–Crippen LogP) is 6.01. The van der Waals surface area contributed by atoms with Crippen molar-refractivity contribution in [3.05, 3.63) is 84.1 Å². The summed E-state index contributed by atoms with van der Waals surface area (Å²) in [5.74, 6) is -4.01. The fourth-order valence-electron chi connectivity index (χ4n) is 12.1. The molecule has 57 heavy (non-hydrogen) atoms. The third-order valence-corrected chi connectivity index (χ3v) is 15.1. The van der Waals surface area contributed by atoms with E-state index in [-0.39, 0.29) is 34.9 Å². The highest BCUT2D eigenvalue weighted by Crippen LogP contribution is 2.62. The first-order valence-corrected chi connectivity index (χ1v) is 20.7. The monoisotopic (exact) mass is 777 g/mol. The van der Waals surface area contributed by atoms with Gasteiger partial charge >= 0.3 is 5.97 Å². The number of hydrogen-bond acceptors (Lipinski definition) is 10. The lowest BCUT2D eigenvalue weighted by Crippen LogP contribution is -2.68. The smallest absolute Gasteiger partial charge is 0.343 e. The highest BCUT2D eigenvalue weighted by molar-refractivity contribution is 6.14. The first kappa shape index (κ1) is 37.2. The molecule has 2 saturated heterocycles. The van der Waals surface area contributed by atoms with Gasteiger partial charge in [0.15, 0.2) is 17.5 Å². The number of aromatic hydroxyl groups is 1. The van der Waals surface area contributed by atoms with Gasteiger partial charge in [0, 0.05) is 11.3 Å². The summed E-state index contributed by atoms with van der Waals surface area (Å²) >= 11 is 0. The molecule has 4 aromatic carbocycles. The number of aromatic nitrogens is 1. The van der Waals surface area contributed by atoms with E-state index in [9.17, 15) is 35.4 Å². The molecule has 2 aliphatic heterocycles. The lowest BCUT2D eigenvalue weighted by atomic mass is 9.51. The Morgan fingerprint density at radius 1 is 0.860 bits per heavy atom. The zero-order valence-electron chi connectivity index (χ0n) is 31.9. The summed E-state index contributed by atoms with van der Waals surface area (Å²) in [5.41, 5.74) is -0.498. The van der Waals surface area contributed by atoms with Crippen molar-refractivity contribution in [2.45, 2.75) is 118 Å². The summed E-state index contributed by atoms with van der Waals surface area (Å²) in [6.07, 6.45) is 4.91. The molecule has 11 nitrogen and oxygen atoms in total. The number of rotatable bonds is 6. The number of aliphatic hydroxyl groups excluding tert-OH is 3. The van der Waals surface area contributed by atoms with Crippen LogP contribution in [0.25, 0.3) is 32.4 Å². The second-order valence-electron chi connectivity index (χ2n) is 17.9. The van der Waals surface area contributed by atoms with Gasteiger partial charge in [0.25, 0.3) is 0 Å². The highest BCUT2D eigenvalue weighted by Gasteiger charge is 2.72.